The van der Waals surface area contributed by atoms with Crippen LogP contribution in [0.5, 0.6) is 5.75 Å². The lowest BCUT2D eigenvalue weighted by molar-refractivity contribution is -0.144. The second kappa shape index (κ2) is 7.36. The molecule has 1 aromatic rings. The SMILES string of the molecule is CCOC(=O)/C=C/[C@H]1OC(C)(C)O[C@@H]1c1cc(C)cc(C)c1OC. The second-order valence-electron chi connectivity index (χ2n) is 6.34. The Morgan fingerprint density at radius 3 is 2.62 bits per heavy atom. The van der Waals surface area contributed by atoms with E-state index in [1.54, 1.807) is 20.1 Å². The summed E-state index contributed by atoms with van der Waals surface area (Å²) < 4.78 is 22.5. The van der Waals surface area contributed by atoms with E-state index in [2.05, 4.69) is 6.07 Å². The summed E-state index contributed by atoms with van der Waals surface area (Å²) >= 11 is 0. The molecule has 5 nitrogen and oxygen atoms in total. The largest absolute Gasteiger partial charge is 0.496 e. The summed E-state index contributed by atoms with van der Waals surface area (Å²) in [7, 11) is 1.64. The number of carbonyl (C=O) groups excluding carboxylic acids is 1. The van der Waals surface area contributed by atoms with Gasteiger partial charge in [-0.1, -0.05) is 11.6 Å². The standard InChI is InChI=1S/C19H26O5/c1-7-22-16(20)9-8-15-18(24-19(4,5)23-15)14-11-12(2)10-13(3)17(14)21-6/h8-11,15,18H,7H2,1-6H3/b9-8+/t15-,18-/m1/s1. The lowest BCUT2D eigenvalue weighted by atomic mass is 9.98. The summed E-state index contributed by atoms with van der Waals surface area (Å²) in [4.78, 5) is 11.6. The van der Waals surface area contributed by atoms with Crippen molar-refractivity contribution in [3.05, 3.63) is 41.0 Å². The highest BCUT2D eigenvalue weighted by Gasteiger charge is 2.42. The first-order valence-corrected chi connectivity index (χ1v) is 8.13. The maximum absolute atomic E-state index is 11.6. The highest BCUT2D eigenvalue weighted by atomic mass is 16.7. The van der Waals surface area contributed by atoms with Crippen molar-refractivity contribution < 1.29 is 23.7 Å². The van der Waals surface area contributed by atoms with Crippen molar-refractivity contribution in [2.24, 2.45) is 0 Å². The van der Waals surface area contributed by atoms with Crippen LogP contribution >= 0.6 is 0 Å². The van der Waals surface area contributed by atoms with Gasteiger partial charge in [0.05, 0.1) is 13.7 Å². The molecule has 132 valence electrons. The van der Waals surface area contributed by atoms with Gasteiger partial charge in [0.2, 0.25) is 0 Å². The molecule has 1 saturated heterocycles. The minimum absolute atomic E-state index is 0.338. The number of benzene rings is 1. The molecular formula is C19H26O5. The van der Waals surface area contributed by atoms with Crippen LogP contribution in [0.4, 0.5) is 0 Å². The Labute approximate surface area is 143 Å². The van der Waals surface area contributed by atoms with Gasteiger partial charge < -0.3 is 18.9 Å². The average molecular weight is 334 g/mol. The first-order chi connectivity index (χ1) is 11.3. The van der Waals surface area contributed by atoms with E-state index in [4.69, 9.17) is 18.9 Å². The Hall–Kier alpha value is -1.85. The van der Waals surface area contributed by atoms with E-state index in [0.717, 1.165) is 22.4 Å². The Morgan fingerprint density at radius 1 is 1.29 bits per heavy atom. The van der Waals surface area contributed by atoms with Crippen molar-refractivity contribution in [3.8, 4) is 5.75 Å². The predicted molar refractivity (Wildman–Crippen MR) is 91.0 cm³/mol. The number of ether oxygens (including phenoxy) is 4. The van der Waals surface area contributed by atoms with E-state index in [-0.39, 0.29) is 6.10 Å². The Morgan fingerprint density at radius 2 is 2.00 bits per heavy atom. The van der Waals surface area contributed by atoms with Gasteiger partial charge in [0.1, 0.15) is 18.0 Å². The summed E-state index contributed by atoms with van der Waals surface area (Å²) in [5.74, 6) is -0.366. The third-order valence-corrected chi connectivity index (χ3v) is 3.80. The Kier molecular flexibility index (Phi) is 5.67. The molecule has 0 aliphatic carbocycles. The zero-order valence-corrected chi connectivity index (χ0v) is 15.2. The molecule has 1 aliphatic heterocycles. The molecule has 0 amide bonds. The lowest BCUT2D eigenvalue weighted by Gasteiger charge is -2.20. The maximum atomic E-state index is 11.6. The van der Waals surface area contributed by atoms with E-state index in [1.807, 2.05) is 33.8 Å². The molecule has 0 bridgehead atoms. The fourth-order valence-electron chi connectivity index (χ4n) is 3.01. The summed E-state index contributed by atoms with van der Waals surface area (Å²) in [6.45, 7) is 9.85. The van der Waals surface area contributed by atoms with Gasteiger partial charge in [0, 0.05) is 11.6 Å². The minimum atomic E-state index is -0.753. The van der Waals surface area contributed by atoms with Crippen molar-refractivity contribution in [3.63, 3.8) is 0 Å². The van der Waals surface area contributed by atoms with E-state index in [0.29, 0.717) is 6.61 Å². The number of rotatable bonds is 5. The molecule has 1 aromatic carbocycles. The summed E-state index contributed by atoms with van der Waals surface area (Å²) in [6.07, 6.45) is 2.31. The van der Waals surface area contributed by atoms with Gasteiger partial charge >= 0.3 is 5.97 Å². The molecule has 0 unspecified atom stereocenters. The van der Waals surface area contributed by atoms with E-state index in [1.165, 1.54) is 6.08 Å². The molecule has 1 aliphatic rings. The summed E-state index contributed by atoms with van der Waals surface area (Å²) in [5, 5.41) is 0. The Balaban J connectivity index is 2.37. The van der Waals surface area contributed by atoms with Gasteiger partial charge in [0.25, 0.3) is 0 Å². The van der Waals surface area contributed by atoms with Gasteiger partial charge in [-0.3, -0.25) is 0 Å². The molecule has 24 heavy (non-hydrogen) atoms. The smallest absolute Gasteiger partial charge is 0.330 e. The van der Waals surface area contributed by atoms with E-state index < -0.39 is 17.9 Å². The van der Waals surface area contributed by atoms with E-state index in [9.17, 15) is 4.79 Å². The molecule has 1 heterocycles. The first kappa shape index (κ1) is 18.5. The van der Waals surface area contributed by atoms with Crippen molar-refractivity contribution in [2.45, 2.75) is 52.6 Å². The van der Waals surface area contributed by atoms with Crippen molar-refractivity contribution >= 4 is 5.97 Å². The molecule has 0 N–H and O–H groups in total. The molecule has 0 aromatic heterocycles. The lowest BCUT2D eigenvalue weighted by Crippen LogP contribution is -2.20. The van der Waals surface area contributed by atoms with Gasteiger partial charge in [0.15, 0.2) is 5.79 Å². The number of esters is 1. The highest BCUT2D eigenvalue weighted by Crippen LogP contribution is 2.43. The maximum Gasteiger partial charge on any atom is 0.330 e. The highest BCUT2D eigenvalue weighted by molar-refractivity contribution is 5.82. The molecule has 2 atom stereocenters. The van der Waals surface area contributed by atoms with Crippen LogP contribution < -0.4 is 4.74 Å². The van der Waals surface area contributed by atoms with Gasteiger partial charge in [-0.15, -0.1) is 0 Å². The third-order valence-electron chi connectivity index (χ3n) is 3.80. The second-order valence-corrected chi connectivity index (χ2v) is 6.34. The monoisotopic (exact) mass is 334 g/mol. The molecule has 0 spiro atoms. The summed E-state index contributed by atoms with van der Waals surface area (Å²) in [5.41, 5.74) is 3.07. The molecule has 0 radical (unpaired) electrons. The molecule has 1 fully saturated rings. The van der Waals surface area contributed by atoms with Crippen LogP contribution in [0.25, 0.3) is 0 Å². The fraction of sp³-hybridized carbons (Fsp3) is 0.526. The third kappa shape index (κ3) is 4.16. The number of hydrogen-bond donors (Lipinski definition) is 0. The number of carbonyl (C=O) groups is 1. The van der Waals surface area contributed by atoms with Gasteiger partial charge in [-0.05, 0) is 52.3 Å². The zero-order valence-electron chi connectivity index (χ0n) is 15.2. The quantitative estimate of drug-likeness (QED) is 0.608. The Bertz CT molecular complexity index is 633. The van der Waals surface area contributed by atoms with Crippen LogP contribution in [0.3, 0.4) is 0 Å². The zero-order chi connectivity index (χ0) is 17.9. The average Bonchev–Trinajstić information content (AvgIpc) is 2.80. The van der Waals surface area contributed by atoms with Crippen LogP contribution in [-0.4, -0.2) is 31.6 Å². The normalized spacial score (nSPS) is 22.8. The fourth-order valence-corrected chi connectivity index (χ4v) is 3.01. The number of aryl methyl sites for hydroxylation is 2. The number of methoxy groups -OCH3 is 1. The van der Waals surface area contributed by atoms with Crippen LogP contribution in [0.2, 0.25) is 0 Å². The van der Waals surface area contributed by atoms with Crippen molar-refractivity contribution in [2.75, 3.05) is 13.7 Å². The van der Waals surface area contributed by atoms with Crippen LogP contribution in [-0.2, 0) is 19.0 Å². The number of hydrogen-bond acceptors (Lipinski definition) is 5. The summed E-state index contributed by atoms with van der Waals surface area (Å²) in [6, 6.07) is 4.10. The van der Waals surface area contributed by atoms with Crippen LogP contribution in [0, 0.1) is 13.8 Å². The van der Waals surface area contributed by atoms with Crippen molar-refractivity contribution in [1.82, 2.24) is 0 Å². The molecule has 0 saturated carbocycles. The topological polar surface area (TPSA) is 54.0 Å². The molecule has 5 heteroatoms. The van der Waals surface area contributed by atoms with Gasteiger partial charge in [-0.25, -0.2) is 4.79 Å². The van der Waals surface area contributed by atoms with Crippen LogP contribution in [0.15, 0.2) is 24.3 Å². The molecular weight excluding hydrogens is 308 g/mol. The minimum Gasteiger partial charge on any atom is -0.496 e. The van der Waals surface area contributed by atoms with Gasteiger partial charge in [-0.2, -0.15) is 0 Å². The van der Waals surface area contributed by atoms with E-state index >= 15 is 0 Å². The van der Waals surface area contributed by atoms with Crippen molar-refractivity contribution in [1.29, 1.82) is 0 Å². The molecule has 2 rings (SSSR count). The van der Waals surface area contributed by atoms with Crippen LogP contribution in [0.1, 0.15) is 43.6 Å². The predicted octanol–water partition coefficient (Wildman–Crippen LogP) is 3.62. The first-order valence-electron chi connectivity index (χ1n) is 8.13.